The first-order chi connectivity index (χ1) is 14.4. The highest BCUT2D eigenvalue weighted by Crippen LogP contribution is 2.26. The zero-order valence-corrected chi connectivity index (χ0v) is 18.6. The second-order valence-electron chi connectivity index (χ2n) is 8.24. The van der Waals surface area contributed by atoms with E-state index < -0.39 is 0 Å². The van der Waals surface area contributed by atoms with Gasteiger partial charge >= 0.3 is 0 Å². The molecule has 1 heterocycles. The van der Waals surface area contributed by atoms with Gasteiger partial charge in [-0.15, -0.1) is 0 Å². The smallest absolute Gasteiger partial charge is 0.220 e. The van der Waals surface area contributed by atoms with Crippen LogP contribution in [0.25, 0.3) is 0 Å². The van der Waals surface area contributed by atoms with E-state index in [4.69, 9.17) is 9.47 Å². The van der Waals surface area contributed by atoms with Crippen LogP contribution < -0.4 is 19.7 Å². The quantitative estimate of drug-likeness (QED) is 0.624. The Kier molecular flexibility index (Phi) is 7.61. The van der Waals surface area contributed by atoms with Gasteiger partial charge in [0.1, 0.15) is 17.6 Å². The number of anilines is 1. The maximum Gasteiger partial charge on any atom is 0.220 e. The molecule has 1 N–H and O–H groups in total. The average Bonchev–Trinajstić information content (AvgIpc) is 3.17. The number of amides is 1. The van der Waals surface area contributed by atoms with Crippen molar-refractivity contribution in [1.82, 2.24) is 5.32 Å². The van der Waals surface area contributed by atoms with Gasteiger partial charge in [0.05, 0.1) is 18.7 Å². The molecule has 1 aliphatic rings. The Balaban J connectivity index is 1.51. The van der Waals surface area contributed by atoms with Crippen molar-refractivity contribution in [3.63, 3.8) is 0 Å². The van der Waals surface area contributed by atoms with E-state index in [2.05, 4.69) is 22.3 Å². The van der Waals surface area contributed by atoms with E-state index in [1.807, 2.05) is 64.1 Å². The van der Waals surface area contributed by atoms with Gasteiger partial charge in [-0.05, 0) is 69.2 Å². The second-order valence-corrected chi connectivity index (χ2v) is 8.24. The van der Waals surface area contributed by atoms with Crippen molar-refractivity contribution in [2.45, 2.75) is 65.2 Å². The zero-order valence-electron chi connectivity index (χ0n) is 18.6. The Bertz CT molecular complexity index is 802. The van der Waals surface area contributed by atoms with E-state index in [0.29, 0.717) is 6.42 Å². The lowest BCUT2D eigenvalue weighted by Crippen LogP contribution is -2.26. The molecule has 3 rings (SSSR count). The highest BCUT2D eigenvalue weighted by atomic mass is 16.5. The molecule has 2 aromatic rings. The zero-order chi connectivity index (χ0) is 21.5. The predicted molar refractivity (Wildman–Crippen MR) is 121 cm³/mol. The van der Waals surface area contributed by atoms with Crippen LogP contribution in [0.4, 0.5) is 5.69 Å². The molecule has 0 bridgehead atoms. The minimum absolute atomic E-state index is 0.00252. The predicted octanol–water partition coefficient (Wildman–Crippen LogP) is 5.11. The lowest BCUT2D eigenvalue weighted by Gasteiger charge is -2.20. The van der Waals surface area contributed by atoms with Gasteiger partial charge in [-0.2, -0.15) is 0 Å². The summed E-state index contributed by atoms with van der Waals surface area (Å²) in [7, 11) is 0. The fourth-order valence-electron chi connectivity index (χ4n) is 3.72. The summed E-state index contributed by atoms with van der Waals surface area (Å²) in [6.45, 7) is 9.94. The Labute approximate surface area is 180 Å². The number of benzene rings is 2. The van der Waals surface area contributed by atoms with E-state index in [9.17, 15) is 4.79 Å². The normalized spacial score (nSPS) is 17.1. The fraction of sp³-hybridized carbons (Fsp3) is 0.480. The van der Waals surface area contributed by atoms with E-state index in [1.54, 1.807) is 0 Å². The first-order valence-electron chi connectivity index (χ1n) is 11.0. The summed E-state index contributed by atoms with van der Waals surface area (Å²) in [4.78, 5) is 14.1. The highest BCUT2D eigenvalue weighted by Gasteiger charge is 2.24. The van der Waals surface area contributed by atoms with Crippen molar-refractivity contribution in [3.8, 4) is 11.5 Å². The van der Waals surface area contributed by atoms with Crippen LogP contribution >= 0.6 is 0 Å². The molecule has 1 unspecified atom stereocenters. The van der Waals surface area contributed by atoms with Crippen molar-refractivity contribution in [3.05, 3.63) is 54.1 Å². The SMILES string of the molecule is CCCC(=O)N[C@@H](C)c1ccc(OC2CCN(c3ccc(OC(C)C)cc3)C2)cc1. The van der Waals surface area contributed by atoms with Crippen LogP contribution in [-0.2, 0) is 4.79 Å². The van der Waals surface area contributed by atoms with Crippen LogP contribution in [0.1, 0.15) is 58.6 Å². The second kappa shape index (κ2) is 10.4. The third-order valence-electron chi connectivity index (χ3n) is 5.26. The first-order valence-corrected chi connectivity index (χ1v) is 11.0. The fourth-order valence-corrected chi connectivity index (χ4v) is 3.72. The lowest BCUT2D eigenvalue weighted by atomic mass is 10.1. The third kappa shape index (κ3) is 6.15. The molecule has 0 radical (unpaired) electrons. The number of rotatable bonds is 9. The van der Waals surface area contributed by atoms with Crippen LogP contribution in [0.2, 0.25) is 0 Å². The minimum Gasteiger partial charge on any atom is -0.491 e. The van der Waals surface area contributed by atoms with Gasteiger partial charge in [0, 0.05) is 25.1 Å². The van der Waals surface area contributed by atoms with E-state index in [0.717, 1.165) is 43.0 Å². The summed E-state index contributed by atoms with van der Waals surface area (Å²) in [6, 6.07) is 16.4. The van der Waals surface area contributed by atoms with Crippen LogP contribution in [0.15, 0.2) is 48.5 Å². The van der Waals surface area contributed by atoms with Crippen LogP contribution in [-0.4, -0.2) is 31.2 Å². The van der Waals surface area contributed by atoms with Gasteiger partial charge in [0.15, 0.2) is 0 Å². The maximum absolute atomic E-state index is 11.8. The van der Waals surface area contributed by atoms with Crippen molar-refractivity contribution in [2.24, 2.45) is 0 Å². The van der Waals surface area contributed by atoms with Gasteiger partial charge in [-0.1, -0.05) is 19.1 Å². The molecule has 2 aromatic carbocycles. The summed E-state index contributed by atoms with van der Waals surface area (Å²) < 4.78 is 11.9. The van der Waals surface area contributed by atoms with E-state index in [-0.39, 0.29) is 24.2 Å². The van der Waals surface area contributed by atoms with Crippen LogP contribution in [0.3, 0.4) is 0 Å². The molecule has 1 amide bonds. The average molecular weight is 411 g/mol. The van der Waals surface area contributed by atoms with Crippen LogP contribution in [0, 0.1) is 0 Å². The Morgan fingerprint density at radius 2 is 1.73 bits per heavy atom. The first kappa shape index (κ1) is 22.0. The molecule has 0 aromatic heterocycles. The molecule has 2 atom stereocenters. The molecular weight excluding hydrogens is 376 g/mol. The molecule has 0 aliphatic carbocycles. The molecule has 1 aliphatic heterocycles. The summed E-state index contributed by atoms with van der Waals surface area (Å²) in [6.07, 6.45) is 2.78. The largest absolute Gasteiger partial charge is 0.491 e. The molecule has 0 saturated carbocycles. The number of carbonyl (C=O) groups excluding carboxylic acids is 1. The number of ether oxygens (including phenoxy) is 2. The minimum atomic E-state index is 0.00252. The standard InChI is InChI=1S/C25H34N2O3/c1-5-6-25(28)26-19(4)20-7-11-23(12-8-20)30-24-15-16-27(17-24)21-9-13-22(14-10-21)29-18(2)3/h7-14,18-19,24H,5-6,15-17H2,1-4H3,(H,26,28)/t19-,24?/m0/s1. The molecule has 5 nitrogen and oxygen atoms in total. The third-order valence-corrected chi connectivity index (χ3v) is 5.26. The van der Waals surface area contributed by atoms with Crippen molar-refractivity contribution in [1.29, 1.82) is 0 Å². The highest BCUT2D eigenvalue weighted by molar-refractivity contribution is 5.76. The molecule has 1 fully saturated rings. The monoisotopic (exact) mass is 410 g/mol. The van der Waals surface area contributed by atoms with E-state index in [1.165, 1.54) is 5.69 Å². The van der Waals surface area contributed by atoms with Crippen LogP contribution in [0.5, 0.6) is 11.5 Å². The number of nitrogens with zero attached hydrogens (tertiary/aromatic N) is 1. The Morgan fingerprint density at radius 1 is 1.07 bits per heavy atom. The van der Waals surface area contributed by atoms with Gasteiger partial charge in [-0.25, -0.2) is 0 Å². The molecule has 0 spiro atoms. The van der Waals surface area contributed by atoms with Gasteiger partial charge in [0.2, 0.25) is 5.91 Å². The lowest BCUT2D eigenvalue weighted by molar-refractivity contribution is -0.121. The summed E-state index contributed by atoms with van der Waals surface area (Å²) >= 11 is 0. The molecule has 162 valence electrons. The van der Waals surface area contributed by atoms with Crippen molar-refractivity contribution >= 4 is 11.6 Å². The van der Waals surface area contributed by atoms with Crippen molar-refractivity contribution < 1.29 is 14.3 Å². The van der Waals surface area contributed by atoms with Gasteiger partial charge < -0.3 is 19.7 Å². The number of hydrogen-bond acceptors (Lipinski definition) is 4. The number of carbonyl (C=O) groups is 1. The van der Waals surface area contributed by atoms with Crippen molar-refractivity contribution in [2.75, 3.05) is 18.0 Å². The summed E-state index contributed by atoms with van der Waals surface area (Å²) in [5.74, 6) is 1.87. The summed E-state index contributed by atoms with van der Waals surface area (Å²) in [5, 5.41) is 3.03. The number of hydrogen-bond donors (Lipinski definition) is 1. The Morgan fingerprint density at radius 3 is 2.37 bits per heavy atom. The molecule has 5 heteroatoms. The molecule has 1 saturated heterocycles. The van der Waals surface area contributed by atoms with E-state index >= 15 is 0 Å². The summed E-state index contributed by atoms with van der Waals surface area (Å²) in [5.41, 5.74) is 2.28. The molecule has 30 heavy (non-hydrogen) atoms. The molecular formula is C25H34N2O3. The Hall–Kier alpha value is -2.69. The van der Waals surface area contributed by atoms with Gasteiger partial charge in [-0.3, -0.25) is 4.79 Å². The number of nitrogens with one attached hydrogen (secondary N) is 1. The van der Waals surface area contributed by atoms with Gasteiger partial charge in [0.25, 0.3) is 0 Å². The maximum atomic E-state index is 11.8. The topological polar surface area (TPSA) is 50.8 Å².